The van der Waals surface area contributed by atoms with Gasteiger partial charge in [-0.05, 0) is 12.1 Å². The summed E-state index contributed by atoms with van der Waals surface area (Å²) in [7, 11) is 0. The van der Waals surface area contributed by atoms with Crippen LogP contribution in [0.15, 0.2) is 24.3 Å². The van der Waals surface area contributed by atoms with Gasteiger partial charge in [0.25, 0.3) is 0 Å². The molecular weight excluding hydrogens is 354 g/mol. The molecule has 9 nitrogen and oxygen atoms in total. The zero-order chi connectivity index (χ0) is 18.1. The summed E-state index contributed by atoms with van der Waals surface area (Å²) >= 11 is 1.46. The maximum absolute atomic E-state index is 12.4. The van der Waals surface area contributed by atoms with Crippen molar-refractivity contribution >= 4 is 44.4 Å². The Morgan fingerprint density at radius 2 is 2.23 bits per heavy atom. The number of hydrogen-bond acceptors (Lipinski definition) is 7. The van der Waals surface area contributed by atoms with E-state index in [4.69, 9.17) is 5.73 Å². The van der Waals surface area contributed by atoms with Crippen LogP contribution >= 0.6 is 11.3 Å². The Kier molecular flexibility index (Phi) is 4.25. The van der Waals surface area contributed by atoms with Gasteiger partial charge in [0, 0.05) is 25.9 Å². The first kappa shape index (κ1) is 16.5. The Hall–Kier alpha value is -3.01. The number of aromatic nitrogens is 4. The van der Waals surface area contributed by atoms with Crippen LogP contribution in [0.2, 0.25) is 0 Å². The van der Waals surface area contributed by atoms with Crippen LogP contribution in [0, 0.1) is 5.92 Å². The molecule has 134 valence electrons. The number of aromatic amines is 1. The van der Waals surface area contributed by atoms with Crippen LogP contribution in [0.3, 0.4) is 0 Å². The number of amides is 2. The molecule has 3 heterocycles. The maximum Gasteiger partial charge on any atom is 0.239 e. The molecule has 1 unspecified atom stereocenters. The van der Waals surface area contributed by atoms with Crippen LogP contribution in [-0.4, -0.2) is 45.1 Å². The third-order valence-electron chi connectivity index (χ3n) is 4.22. The molecule has 4 rings (SSSR count). The number of nitrogen functional groups attached to an aromatic ring is 1. The highest BCUT2D eigenvalue weighted by Crippen LogP contribution is 2.32. The first-order chi connectivity index (χ1) is 12.6. The van der Waals surface area contributed by atoms with E-state index in [0.717, 1.165) is 10.2 Å². The standard InChI is InChI=1S/C16H17N7O2S/c17-15-20-12(21-22-15)5-6-18-14(25)9-7-13(24)23(8-9)16-19-10-3-1-2-4-11(10)26-16/h1-4,9H,5-8H2,(H,18,25)(H3,17,20,21,22). The molecule has 10 heteroatoms. The number of nitrogens with two attached hydrogens (primary N) is 1. The number of para-hydroxylation sites is 1. The molecule has 0 bridgehead atoms. The van der Waals surface area contributed by atoms with Crippen LogP contribution in [0.5, 0.6) is 0 Å². The van der Waals surface area contributed by atoms with Gasteiger partial charge in [0.15, 0.2) is 5.13 Å². The number of nitrogens with one attached hydrogen (secondary N) is 2. The summed E-state index contributed by atoms with van der Waals surface area (Å²) in [5.74, 6) is 0.191. The Bertz CT molecular complexity index is 933. The van der Waals surface area contributed by atoms with Crippen molar-refractivity contribution < 1.29 is 9.59 Å². The van der Waals surface area contributed by atoms with Crippen molar-refractivity contribution in [1.29, 1.82) is 0 Å². The monoisotopic (exact) mass is 371 g/mol. The minimum absolute atomic E-state index is 0.0767. The average molecular weight is 371 g/mol. The number of rotatable bonds is 5. The van der Waals surface area contributed by atoms with Crippen molar-refractivity contribution in [3.05, 3.63) is 30.1 Å². The van der Waals surface area contributed by atoms with E-state index in [2.05, 4.69) is 25.5 Å². The largest absolute Gasteiger partial charge is 0.367 e. The smallest absolute Gasteiger partial charge is 0.239 e. The first-order valence-electron chi connectivity index (χ1n) is 8.20. The summed E-state index contributed by atoms with van der Waals surface area (Å²) in [5, 5.41) is 9.91. The number of anilines is 2. The van der Waals surface area contributed by atoms with E-state index in [0.29, 0.717) is 30.5 Å². The van der Waals surface area contributed by atoms with Gasteiger partial charge < -0.3 is 11.1 Å². The average Bonchev–Trinajstić information content (AvgIpc) is 3.32. The molecule has 1 atom stereocenters. The van der Waals surface area contributed by atoms with Crippen LogP contribution < -0.4 is 16.0 Å². The van der Waals surface area contributed by atoms with Gasteiger partial charge in [0.05, 0.1) is 16.1 Å². The second-order valence-corrected chi connectivity index (χ2v) is 7.06. The Morgan fingerprint density at radius 3 is 3.00 bits per heavy atom. The van der Waals surface area contributed by atoms with Gasteiger partial charge in [0.1, 0.15) is 5.82 Å². The van der Waals surface area contributed by atoms with Gasteiger partial charge in [0.2, 0.25) is 17.8 Å². The molecule has 1 aromatic carbocycles. The summed E-state index contributed by atoms with van der Waals surface area (Å²) in [6, 6.07) is 7.73. The molecule has 1 fully saturated rings. The number of benzene rings is 1. The second-order valence-electron chi connectivity index (χ2n) is 6.05. The van der Waals surface area contributed by atoms with Crippen molar-refractivity contribution in [2.75, 3.05) is 23.7 Å². The molecule has 0 aliphatic carbocycles. The molecule has 2 amide bonds. The Balaban J connectivity index is 1.36. The van der Waals surface area contributed by atoms with Gasteiger partial charge in [-0.25, -0.2) is 4.98 Å². The summed E-state index contributed by atoms with van der Waals surface area (Å²) in [6.07, 6.45) is 0.690. The van der Waals surface area contributed by atoms with Crippen molar-refractivity contribution in [3.8, 4) is 0 Å². The minimum atomic E-state index is -0.380. The molecule has 2 aromatic heterocycles. The fourth-order valence-corrected chi connectivity index (χ4v) is 3.91. The van der Waals surface area contributed by atoms with Crippen LogP contribution in [-0.2, 0) is 16.0 Å². The normalized spacial score (nSPS) is 17.2. The molecule has 0 saturated carbocycles. The maximum atomic E-state index is 12.4. The van der Waals surface area contributed by atoms with Crippen LogP contribution in [0.4, 0.5) is 11.1 Å². The summed E-state index contributed by atoms with van der Waals surface area (Å²) in [5.41, 5.74) is 6.30. The highest BCUT2D eigenvalue weighted by Gasteiger charge is 2.36. The summed E-state index contributed by atoms with van der Waals surface area (Å²) in [6.45, 7) is 0.749. The van der Waals surface area contributed by atoms with Crippen molar-refractivity contribution in [3.63, 3.8) is 0 Å². The van der Waals surface area contributed by atoms with E-state index < -0.39 is 0 Å². The SMILES string of the molecule is Nc1n[nH]c(CCNC(=O)C2CC(=O)N(c3nc4ccccc4s3)C2)n1. The molecule has 3 aromatic rings. The fraction of sp³-hybridized carbons (Fsp3) is 0.312. The quantitative estimate of drug-likeness (QED) is 0.605. The number of H-pyrrole nitrogens is 1. The number of carbonyl (C=O) groups is 2. The minimum Gasteiger partial charge on any atom is -0.367 e. The third kappa shape index (κ3) is 3.23. The number of carbonyl (C=O) groups excluding carboxylic acids is 2. The molecule has 1 saturated heterocycles. The fourth-order valence-electron chi connectivity index (χ4n) is 2.91. The van der Waals surface area contributed by atoms with E-state index in [1.165, 1.54) is 11.3 Å². The van der Waals surface area contributed by atoms with Crippen molar-refractivity contribution in [2.45, 2.75) is 12.8 Å². The van der Waals surface area contributed by atoms with E-state index in [1.807, 2.05) is 24.3 Å². The van der Waals surface area contributed by atoms with Gasteiger partial charge in [-0.1, -0.05) is 23.5 Å². The topological polar surface area (TPSA) is 130 Å². The van der Waals surface area contributed by atoms with E-state index in [-0.39, 0.29) is 30.1 Å². The van der Waals surface area contributed by atoms with Gasteiger partial charge in [-0.15, -0.1) is 5.10 Å². The predicted octanol–water partition coefficient (Wildman–Crippen LogP) is 0.708. The molecule has 1 aliphatic rings. The molecule has 26 heavy (non-hydrogen) atoms. The van der Waals surface area contributed by atoms with Crippen LogP contribution in [0.25, 0.3) is 10.2 Å². The van der Waals surface area contributed by atoms with Crippen molar-refractivity contribution in [1.82, 2.24) is 25.5 Å². The van der Waals surface area contributed by atoms with Crippen LogP contribution in [0.1, 0.15) is 12.2 Å². The predicted molar refractivity (Wildman–Crippen MR) is 97.6 cm³/mol. The molecule has 0 radical (unpaired) electrons. The molecule has 4 N–H and O–H groups in total. The highest BCUT2D eigenvalue weighted by molar-refractivity contribution is 7.22. The number of hydrogen-bond donors (Lipinski definition) is 3. The lowest BCUT2D eigenvalue weighted by molar-refractivity contribution is -0.126. The van der Waals surface area contributed by atoms with Gasteiger partial charge in [-0.3, -0.25) is 19.6 Å². The Labute approximate surface area is 152 Å². The number of nitrogens with zero attached hydrogens (tertiary/aromatic N) is 4. The van der Waals surface area contributed by atoms with Crippen molar-refractivity contribution in [2.24, 2.45) is 5.92 Å². The zero-order valence-corrected chi connectivity index (χ0v) is 14.6. The number of fused-ring (bicyclic) bond motifs is 1. The first-order valence-corrected chi connectivity index (χ1v) is 9.02. The molecule has 0 spiro atoms. The molecule has 1 aliphatic heterocycles. The van der Waals surface area contributed by atoms with E-state index in [1.54, 1.807) is 4.90 Å². The molecular formula is C16H17N7O2S. The Morgan fingerprint density at radius 1 is 1.38 bits per heavy atom. The third-order valence-corrected chi connectivity index (χ3v) is 5.28. The number of thiazole rings is 1. The second kappa shape index (κ2) is 6.71. The van der Waals surface area contributed by atoms with Gasteiger partial charge >= 0.3 is 0 Å². The summed E-state index contributed by atoms with van der Waals surface area (Å²) < 4.78 is 1.02. The van der Waals surface area contributed by atoms with E-state index in [9.17, 15) is 9.59 Å². The van der Waals surface area contributed by atoms with Gasteiger partial charge in [-0.2, -0.15) is 4.98 Å². The lowest BCUT2D eigenvalue weighted by atomic mass is 10.1. The summed E-state index contributed by atoms with van der Waals surface area (Å²) in [4.78, 5) is 34.8. The lowest BCUT2D eigenvalue weighted by Crippen LogP contribution is -2.34. The van der Waals surface area contributed by atoms with E-state index >= 15 is 0 Å². The highest BCUT2D eigenvalue weighted by atomic mass is 32.1. The lowest BCUT2D eigenvalue weighted by Gasteiger charge is -2.13. The zero-order valence-electron chi connectivity index (χ0n) is 13.8.